The number of carbonyl (C=O) groups excluding carboxylic acids is 2. The Labute approximate surface area is 105 Å². The first-order valence-corrected chi connectivity index (χ1v) is 5.57. The summed E-state index contributed by atoms with van der Waals surface area (Å²) in [5.41, 5.74) is 6.05. The minimum Gasteiger partial charge on any atom is -0.508 e. The number of nitrogens with two attached hydrogens (primary N) is 1. The number of anilines is 1. The summed E-state index contributed by atoms with van der Waals surface area (Å²) in [5.74, 6) is -0.853. The Morgan fingerprint density at radius 3 is 2.83 bits per heavy atom. The van der Waals surface area contributed by atoms with E-state index in [1.807, 2.05) is 0 Å². The highest BCUT2D eigenvalue weighted by Crippen LogP contribution is 2.18. The predicted octanol–water partition coefficient (Wildman–Crippen LogP) is 0.657. The quantitative estimate of drug-likeness (QED) is 0.406. The Morgan fingerprint density at radius 1 is 1.44 bits per heavy atom. The van der Waals surface area contributed by atoms with Gasteiger partial charge in [0.2, 0.25) is 0 Å². The Kier molecular flexibility index (Phi) is 4.98. The third-order valence-corrected chi connectivity index (χ3v) is 2.20. The lowest BCUT2D eigenvalue weighted by Crippen LogP contribution is -2.27. The highest BCUT2D eigenvalue weighted by molar-refractivity contribution is 5.99. The van der Waals surface area contributed by atoms with Crippen molar-refractivity contribution in [3.63, 3.8) is 0 Å². The molecule has 0 saturated carbocycles. The number of carbonyl (C=O) groups is 2. The fourth-order valence-electron chi connectivity index (χ4n) is 1.35. The lowest BCUT2D eigenvalue weighted by molar-refractivity contribution is -0.142. The maximum atomic E-state index is 11.7. The van der Waals surface area contributed by atoms with Crippen molar-refractivity contribution in [2.45, 2.75) is 13.3 Å². The molecule has 0 heterocycles. The van der Waals surface area contributed by atoms with E-state index in [0.29, 0.717) is 6.61 Å². The molecule has 4 N–H and O–H groups in total. The summed E-state index contributed by atoms with van der Waals surface area (Å²) >= 11 is 0. The molecule has 0 spiro atoms. The monoisotopic (exact) mass is 252 g/mol. The molecule has 0 aliphatic rings. The number of nitrogens with one attached hydrogen (secondary N) is 1. The number of esters is 1. The summed E-state index contributed by atoms with van der Waals surface area (Å²) in [5, 5.41) is 11.8. The molecule has 0 atom stereocenters. The van der Waals surface area contributed by atoms with Gasteiger partial charge in [-0.3, -0.25) is 9.59 Å². The molecule has 0 fully saturated rings. The molecular weight excluding hydrogens is 236 g/mol. The van der Waals surface area contributed by atoms with E-state index in [9.17, 15) is 14.7 Å². The van der Waals surface area contributed by atoms with Crippen LogP contribution in [0.4, 0.5) is 5.69 Å². The standard InChI is InChI=1S/C12H16N2O4/c1-2-18-11(16)5-6-14-12(17)9-7-8(15)3-4-10(9)13/h3-4,7,15H,2,5-6,13H2,1H3,(H,14,17). The smallest absolute Gasteiger partial charge is 0.307 e. The van der Waals surface area contributed by atoms with Crippen molar-refractivity contribution >= 4 is 17.6 Å². The van der Waals surface area contributed by atoms with Gasteiger partial charge in [0.05, 0.1) is 18.6 Å². The molecule has 1 rings (SSSR count). The highest BCUT2D eigenvalue weighted by Gasteiger charge is 2.11. The third-order valence-electron chi connectivity index (χ3n) is 2.20. The molecule has 1 amide bonds. The van der Waals surface area contributed by atoms with E-state index in [0.717, 1.165) is 0 Å². The molecule has 18 heavy (non-hydrogen) atoms. The summed E-state index contributed by atoms with van der Waals surface area (Å²) in [6.45, 7) is 2.18. The van der Waals surface area contributed by atoms with Crippen LogP contribution in [0.3, 0.4) is 0 Å². The maximum absolute atomic E-state index is 11.7. The van der Waals surface area contributed by atoms with Crippen molar-refractivity contribution < 1.29 is 19.4 Å². The van der Waals surface area contributed by atoms with Gasteiger partial charge in [-0.15, -0.1) is 0 Å². The van der Waals surface area contributed by atoms with Crippen LogP contribution in [-0.2, 0) is 9.53 Å². The van der Waals surface area contributed by atoms with E-state index < -0.39 is 5.91 Å². The second-order valence-electron chi connectivity index (χ2n) is 3.58. The molecule has 6 heteroatoms. The Bertz CT molecular complexity index is 446. The van der Waals surface area contributed by atoms with Gasteiger partial charge in [0.15, 0.2) is 0 Å². The topological polar surface area (TPSA) is 102 Å². The van der Waals surface area contributed by atoms with Gasteiger partial charge < -0.3 is 20.9 Å². The molecule has 6 nitrogen and oxygen atoms in total. The predicted molar refractivity (Wildman–Crippen MR) is 66.1 cm³/mol. The van der Waals surface area contributed by atoms with Crippen LogP contribution in [0.25, 0.3) is 0 Å². The lowest BCUT2D eigenvalue weighted by Gasteiger charge is -2.07. The fourth-order valence-corrected chi connectivity index (χ4v) is 1.35. The minimum atomic E-state index is -0.437. The van der Waals surface area contributed by atoms with Crippen molar-refractivity contribution in [3.8, 4) is 5.75 Å². The first kappa shape index (κ1) is 13.8. The number of rotatable bonds is 5. The first-order chi connectivity index (χ1) is 8.54. The maximum Gasteiger partial charge on any atom is 0.307 e. The van der Waals surface area contributed by atoms with Crippen LogP contribution in [0.1, 0.15) is 23.7 Å². The summed E-state index contributed by atoms with van der Waals surface area (Å²) in [6, 6.07) is 4.11. The van der Waals surface area contributed by atoms with E-state index in [1.54, 1.807) is 6.92 Å². The first-order valence-electron chi connectivity index (χ1n) is 5.57. The van der Waals surface area contributed by atoms with E-state index >= 15 is 0 Å². The third kappa shape index (κ3) is 3.97. The number of nitrogen functional groups attached to an aromatic ring is 1. The van der Waals surface area contributed by atoms with Crippen LogP contribution in [-0.4, -0.2) is 30.1 Å². The molecule has 0 unspecified atom stereocenters. The fraction of sp³-hybridized carbons (Fsp3) is 0.333. The highest BCUT2D eigenvalue weighted by atomic mass is 16.5. The molecule has 0 aliphatic heterocycles. The number of phenols is 1. The zero-order valence-electron chi connectivity index (χ0n) is 10.1. The number of hydrogen-bond donors (Lipinski definition) is 3. The second-order valence-corrected chi connectivity index (χ2v) is 3.58. The zero-order chi connectivity index (χ0) is 13.5. The van der Waals surface area contributed by atoms with Gasteiger partial charge in [0.25, 0.3) is 5.91 Å². The van der Waals surface area contributed by atoms with Crippen molar-refractivity contribution in [2.75, 3.05) is 18.9 Å². The molecule has 0 bridgehead atoms. The number of hydrogen-bond acceptors (Lipinski definition) is 5. The minimum absolute atomic E-state index is 0.0419. The SMILES string of the molecule is CCOC(=O)CCNC(=O)c1cc(O)ccc1N. The van der Waals surface area contributed by atoms with E-state index in [4.69, 9.17) is 10.5 Å². The van der Waals surface area contributed by atoms with Crippen LogP contribution >= 0.6 is 0 Å². The molecule has 0 aliphatic carbocycles. The van der Waals surface area contributed by atoms with Gasteiger partial charge >= 0.3 is 5.97 Å². The average molecular weight is 252 g/mol. The largest absolute Gasteiger partial charge is 0.508 e. The Balaban J connectivity index is 2.50. The Hall–Kier alpha value is -2.24. The summed E-state index contributed by atoms with van der Waals surface area (Å²) in [6.07, 6.45) is 0.0955. The van der Waals surface area contributed by atoms with Crippen LogP contribution in [0.2, 0.25) is 0 Å². The second kappa shape index (κ2) is 6.48. The molecule has 1 aromatic rings. The number of benzene rings is 1. The zero-order valence-corrected chi connectivity index (χ0v) is 10.1. The Morgan fingerprint density at radius 2 is 2.17 bits per heavy atom. The molecule has 0 saturated heterocycles. The van der Waals surface area contributed by atoms with Crippen molar-refractivity contribution in [3.05, 3.63) is 23.8 Å². The number of aromatic hydroxyl groups is 1. The summed E-state index contributed by atoms with van der Waals surface area (Å²) < 4.78 is 4.72. The van der Waals surface area contributed by atoms with Crippen molar-refractivity contribution in [1.29, 1.82) is 0 Å². The number of amides is 1. The van der Waals surface area contributed by atoms with E-state index in [-0.39, 0.29) is 35.9 Å². The van der Waals surface area contributed by atoms with Crippen LogP contribution in [0.15, 0.2) is 18.2 Å². The molecular formula is C12H16N2O4. The van der Waals surface area contributed by atoms with Gasteiger partial charge in [-0.1, -0.05) is 0 Å². The van der Waals surface area contributed by atoms with Crippen molar-refractivity contribution in [1.82, 2.24) is 5.32 Å². The molecule has 1 aromatic carbocycles. The molecule has 0 aromatic heterocycles. The molecule has 0 radical (unpaired) electrons. The van der Waals surface area contributed by atoms with Gasteiger partial charge in [-0.2, -0.15) is 0 Å². The number of phenolic OH excluding ortho intramolecular Hbond substituents is 1. The van der Waals surface area contributed by atoms with Crippen LogP contribution in [0.5, 0.6) is 5.75 Å². The van der Waals surface area contributed by atoms with Crippen LogP contribution < -0.4 is 11.1 Å². The number of ether oxygens (including phenoxy) is 1. The summed E-state index contributed by atoms with van der Waals surface area (Å²) in [4.78, 5) is 22.7. The van der Waals surface area contributed by atoms with E-state index in [1.165, 1.54) is 18.2 Å². The van der Waals surface area contributed by atoms with Crippen molar-refractivity contribution in [2.24, 2.45) is 0 Å². The summed E-state index contributed by atoms with van der Waals surface area (Å²) in [7, 11) is 0. The van der Waals surface area contributed by atoms with Gasteiger partial charge in [0.1, 0.15) is 5.75 Å². The van der Waals surface area contributed by atoms with Gasteiger partial charge in [-0.05, 0) is 25.1 Å². The average Bonchev–Trinajstić information content (AvgIpc) is 2.32. The normalized spacial score (nSPS) is 9.83. The van der Waals surface area contributed by atoms with E-state index in [2.05, 4.69) is 5.32 Å². The van der Waals surface area contributed by atoms with Gasteiger partial charge in [0, 0.05) is 12.2 Å². The van der Waals surface area contributed by atoms with Crippen LogP contribution in [0, 0.1) is 0 Å². The van der Waals surface area contributed by atoms with Gasteiger partial charge in [-0.25, -0.2) is 0 Å². The lowest BCUT2D eigenvalue weighted by atomic mass is 10.1. The molecule has 98 valence electrons.